The van der Waals surface area contributed by atoms with Crippen LogP contribution in [0.1, 0.15) is 31.9 Å². The average molecular weight is 225 g/mol. The summed E-state index contributed by atoms with van der Waals surface area (Å²) >= 11 is 0. The molecule has 1 aromatic rings. The van der Waals surface area contributed by atoms with Crippen LogP contribution >= 0.6 is 0 Å². The maximum absolute atomic E-state index is 13.4. The molecule has 1 rings (SSSR count). The van der Waals surface area contributed by atoms with Crippen LogP contribution in [0.3, 0.4) is 0 Å². The molecule has 1 N–H and O–H groups in total. The SMILES string of the molecule is C=CCC(C)NC(C)c1ccc(F)cc1F. The second kappa shape index (κ2) is 5.75. The topological polar surface area (TPSA) is 12.0 Å². The van der Waals surface area contributed by atoms with Gasteiger partial charge < -0.3 is 5.32 Å². The summed E-state index contributed by atoms with van der Waals surface area (Å²) in [7, 11) is 0. The third-order valence-electron chi connectivity index (χ3n) is 2.48. The van der Waals surface area contributed by atoms with Gasteiger partial charge in [0.15, 0.2) is 0 Å². The molecule has 2 atom stereocenters. The van der Waals surface area contributed by atoms with Crippen LogP contribution in [0.5, 0.6) is 0 Å². The van der Waals surface area contributed by atoms with Crippen molar-refractivity contribution in [3.63, 3.8) is 0 Å². The van der Waals surface area contributed by atoms with Crippen LogP contribution in [0, 0.1) is 11.6 Å². The molecule has 0 saturated carbocycles. The van der Waals surface area contributed by atoms with Crippen molar-refractivity contribution in [1.82, 2.24) is 5.32 Å². The van der Waals surface area contributed by atoms with E-state index in [-0.39, 0.29) is 12.1 Å². The Kier molecular flexibility index (Phi) is 4.62. The van der Waals surface area contributed by atoms with Gasteiger partial charge in [-0.15, -0.1) is 6.58 Å². The molecule has 0 saturated heterocycles. The fourth-order valence-corrected chi connectivity index (χ4v) is 1.69. The quantitative estimate of drug-likeness (QED) is 0.755. The van der Waals surface area contributed by atoms with E-state index in [1.807, 2.05) is 19.9 Å². The first-order chi connectivity index (χ1) is 7.54. The molecular formula is C13H17F2N. The summed E-state index contributed by atoms with van der Waals surface area (Å²) < 4.78 is 26.2. The van der Waals surface area contributed by atoms with Gasteiger partial charge in [0.1, 0.15) is 11.6 Å². The maximum Gasteiger partial charge on any atom is 0.130 e. The molecule has 3 heteroatoms. The molecule has 1 nitrogen and oxygen atoms in total. The molecule has 0 aliphatic rings. The van der Waals surface area contributed by atoms with Gasteiger partial charge in [-0.25, -0.2) is 8.78 Å². The van der Waals surface area contributed by atoms with E-state index in [9.17, 15) is 8.78 Å². The molecule has 0 radical (unpaired) electrons. The Bertz CT molecular complexity index is 363. The fraction of sp³-hybridized carbons (Fsp3) is 0.385. The van der Waals surface area contributed by atoms with Crippen molar-refractivity contribution < 1.29 is 8.78 Å². The zero-order valence-electron chi connectivity index (χ0n) is 9.63. The average Bonchev–Trinajstić information content (AvgIpc) is 2.17. The van der Waals surface area contributed by atoms with Gasteiger partial charge in [0.05, 0.1) is 0 Å². The second-order valence-electron chi connectivity index (χ2n) is 3.98. The Hall–Kier alpha value is -1.22. The molecule has 0 spiro atoms. The Labute approximate surface area is 95.2 Å². The van der Waals surface area contributed by atoms with Crippen molar-refractivity contribution in [3.8, 4) is 0 Å². The summed E-state index contributed by atoms with van der Waals surface area (Å²) in [5.74, 6) is -1.06. The lowest BCUT2D eigenvalue weighted by Crippen LogP contribution is -2.28. The molecule has 0 aromatic heterocycles. The Morgan fingerprint density at radius 2 is 2.06 bits per heavy atom. The minimum absolute atomic E-state index is 0.143. The minimum atomic E-state index is -0.549. The summed E-state index contributed by atoms with van der Waals surface area (Å²) in [5.41, 5.74) is 0.484. The van der Waals surface area contributed by atoms with Gasteiger partial charge >= 0.3 is 0 Å². The molecule has 1 aromatic carbocycles. The molecule has 0 heterocycles. The highest BCUT2D eigenvalue weighted by atomic mass is 19.1. The summed E-state index contributed by atoms with van der Waals surface area (Å²) in [6, 6.07) is 3.73. The van der Waals surface area contributed by atoms with E-state index in [1.54, 1.807) is 0 Å². The van der Waals surface area contributed by atoms with Gasteiger partial charge in [0.25, 0.3) is 0 Å². The lowest BCUT2D eigenvalue weighted by molar-refractivity contribution is 0.462. The molecule has 0 bridgehead atoms. The van der Waals surface area contributed by atoms with Crippen LogP contribution in [0.2, 0.25) is 0 Å². The van der Waals surface area contributed by atoms with Gasteiger partial charge in [-0.05, 0) is 26.3 Å². The smallest absolute Gasteiger partial charge is 0.130 e. The predicted octanol–water partition coefficient (Wildman–Crippen LogP) is 3.58. The molecule has 0 aliphatic carbocycles. The van der Waals surface area contributed by atoms with Crippen LogP contribution in [0.15, 0.2) is 30.9 Å². The molecule has 2 unspecified atom stereocenters. The summed E-state index contributed by atoms with van der Waals surface area (Å²) in [5, 5.41) is 3.22. The first kappa shape index (κ1) is 12.8. The molecule has 0 fully saturated rings. The van der Waals surface area contributed by atoms with E-state index >= 15 is 0 Å². The van der Waals surface area contributed by atoms with Crippen molar-refractivity contribution in [1.29, 1.82) is 0 Å². The zero-order chi connectivity index (χ0) is 12.1. The van der Waals surface area contributed by atoms with Gasteiger partial charge in [0.2, 0.25) is 0 Å². The van der Waals surface area contributed by atoms with E-state index in [0.717, 1.165) is 12.5 Å². The van der Waals surface area contributed by atoms with E-state index in [1.165, 1.54) is 12.1 Å². The minimum Gasteiger partial charge on any atom is -0.307 e. The normalized spacial score (nSPS) is 14.5. The Morgan fingerprint density at radius 3 is 2.62 bits per heavy atom. The van der Waals surface area contributed by atoms with Gasteiger partial charge in [-0.1, -0.05) is 12.1 Å². The zero-order valence-corrected chi connectivity index (χ0v) is 9.63. The van der Waals surface area contributed by atoms with Gasteiger partial charge in [-0.3, -0.25) is 0 Å². The van der Waals surface area contributed by atoms with Crippen molar-refractivity contribution in [2.45, 2.75) is 32.4 Å². The number of nitrogens with one attached hydrogen (secondary N) is 1. The van der Waals surface area contributed by atoms with Gasteiger partial charge in [0, 0.05) is 23.7 Å². The number of halogens is 2. The largest absolute Gasteiger partial charge is 0.307 e. The van der Waals surface area contributed by atoms with Crippen LogP contribution in [0.25, 0.3) is 0 Å². The van der Waals surface area contributed by atoms with Crippen LogP contribution in [0.4, 0.5) is 8.78 Å². The first-order valence-electron chi connectivity index (χ1n) is 5.36. The fourth-order valence-electron chi connectivity index (χ4n) is 1.69. The summed E-state index contributed by atoms with van der Waals surface area (Å²) in [4.78, 5) is 0. The van der Waals surface area contributed by atoms with Crippen molar-refractivity contribution in [2.75, 3.05) is 0 Å². The number of benzene rings is 1. The van der Waals surface area contributed by atoms with Crippen LogP contribution in [-0.2, 0) is 0 Å². The number of rotatable bonds is 5. The molecule has 0 aliphatic heterocycles. The van der Waals surface area contributed by atoms with Crippen molar-refractivity contribution in [3.05, 3.63) is 48.1 Å². The molecule has 88 valence electrons. The van der Waals surface area contributed by atoms with Crippen molar-refractivity contribution in [2.24, 2.45) is 0 Å². The van der Waals surface area contributed by atoms with Crippen LogP contribution < -0.4 is 5.32 Å². The predicted molar refractivity (Wildman–Crippen MR) is 62.2 cm³/mol. The van der Waals surface area contributed by atoms with E-state index < -0.39 is 11.6 Å². The highest BCUT2D eigenvalue weighted by Crippen LogP contribution is 2.18. The van der Waals surface area contributed by atoms with E-state index in [0.29, 0.717) is 5.56 Å². The lowest BCUT2D eigenvalue weighted by Gasteiger charge is -2.19. The number of hydrogen-bond donors (Lipinski definition) is 1. The third-order valence-corrected chi connectivity index (χ3v) is 2.48. The summed E-state index contributed by atoms with van der Waals surface area (Å²) in [6.45, 7) is 7.50. The highest BCUT2D eigenvalue weighted by Gasteiger charge is 2.13. The maximum atomic E-state index is 13.4. The second-order valence-corrected chi connectivity index (χ2v) is 3.98. The van der Waals surface area contributed by atoms with Gasteiger partial charge in [-0.2, -0.15) is 0 Å². The van der Waals surface area contributed by atoms with Crippen LogP contribution in [-0.4, -0.2) is 6.04 Å². The molecule has 0 amide bonds. The Morgan fingerprint density at radius 1 is 1.38 bits per heavy atom. The monoisotopic (exact) mass is 225 g/mol. The Balaban J connectivity index is 2.72. The molecule has 16 heavy (non-hydrogen) atoms. The van der Waals surface area contributed by atoms with Crippen molar-refractivity contribution >= 4 is 0 Å². The standard InChI is InChI=1S/C13H17F2N/c1-4-5-9(2)16-10(3)12-7-6-11(14)8-13(12)15/h4,6-10,16H,1,5H2,2-3H3. The first-order valence-corrected chi connectivity index (χ1v) is 5.36. The van der Waals surface area contributed by atoms with E-state index in [4.69, 9.17) is 0 Å². The lowest BCUT2D eigenvalue weighted by atomic mass is 10.1. The third kappa shape index (κ3) is 3.42. The summed E-state index contributed by atoms with van der Waals surface area (Å²) in [6.07, 6.45) is 2.62. The van der Waals surface area contributed by atoms with E-state index in [2.05, 4.69) is 11.9 Å². The number of hydrogen-bond acceptors (Lipinski definition) is 1. The molecular weight excluding hydrogens is 208 g/mol. The highest BCUT2D eigenvalue weighted by molar-refractivity contribution is 5.21.